The fourth-order valence-corrected chi connectivity index (χ4v) is 3.14. The van der Waals surface area contributed by atoms with Crippen LogP contribution >= 0.6 is 11.6 Å². The van der Waals surface area contributed by atoms with Crippen LogP contribution in [0.3, 0.4) is 0 Å². The number of nitriles is 1. The molecular formula is C21H20ClN3O2. The Balaban J connectivity index is 2.09. The number of allylic oxidation sites excluding steroid dienone is 1. The lowest BCUT2D eigenvalue weighted by Gasteiger charge is -2.15. The number of hydrogen-bond donors (Lipinski definition) is 0. The second kappa shape index (κ2) is 7.73. The number of aryl methyl sites for hydroxylation is 1. The van der Waals surface area contributed by atoms with E-state index in [-0.39, 0.29) is 6.10 Å². The first kappa shape index (κ1) is 18.8. The predicted molar refractivity (Wildman–Crippen MR) is 108 cm³/mol. The number of ether oxygens (including phenoxy) is 2. The van der Waals surface area contributed by atoms with E-state index in [0.29, 0.717) is 27.9 Å². The van der Waals surface area contributed by atoms with Crippen molar-refractivity contribution in [1.29, 1.82) is 5.26 Å². The molecule has 27 heavy (non-hydrogen) atoms. The number of halogens is 1. The molecule has 5 nitrogen and oxygen atoms in total. The maximum absolute atomic E-state index is 9.70. The van der Waals surface area contributed by atoms with Gasteiger partial charge in [0.15, 0.2) is 17.3 Å². The number of nitrogens with zero attached hydrogens (tertiary/aromatic N) is 3. The van der Waals surface area contributed by atoms with Crippen LogP contribution in [0.15, 0.2) is 36.4 Å². The molecule has 1 heterocycles. The quantitative estimate of drug-likeness (QED) is 0.578. The topological polar surface area (TPSA) is 60.1 Å². The normalized spacial score (nSPS) is 11.7. The van der Waals surface area contributed by atoms with Gasteiger partial charge in [0, 0.05) is 7.05 Å². The van der Waals surface area contributed by atoms with Gasteiger partial charge in [-0.05, 0) is 49.8 Å². The summed E-state index contributed by atoms with van der Waals surface area (Å²) in [6.07, 6.45) is 1.71. The Hall–Kier alpha value is -2.97. The number of aromatic nitrogens is 2. The maximum Gasteiger partial charge on any atom is 0.180 e. The highest BCUT2D eigenvalue weighted by molar-refractivity contribution is 6.32. The third-order valence-corrected chi connectivity index (χ3v) is 4.35. The van der Waals surface area contributed by atoms with Crippen molar-refractivity contribution in [3.05, 3.63) is 52.8 Å². The molecule has 0 amide bonds. The van der Waals surface area contributed by atoms with Gasteiger partial charge in [0.1, 0.15) is 6.07 Å². The fraction of sp³-hybridized carbons (Fsp3) is 0.238. The van der Waals surface area contributed by atoms with Gasteiger partial charge >= 0.3 is 0 Å². The summed E-state index contributed by atoms with van der Waals surface area (Å²) in [6.45, 7) is 3.84. The summed E-state index contributed by atoms with van der Waals surface area (Å²) in [5.41, 5.74) is 2.97. The molecule has 138 valence electrons. The van der Waals surface area contributed by atoms with Crippen molar-refractivity contribution in [1.82, 2.24) is 9.55 Å². The minimum absolute atomic E-state index is 0.0348. The highest BCUT2D eigenvalue weighted by Crippen LogP contribution is 2.38. The number of hydrogen-bond acceptors (Lipinski definition) is 4. The largest absolute Gasteiger partial charge is 0.493 e. The van der Waals surface area contributed by atoms with E-state index < -0.39 is 0 Å². The number of methoxy groups -OCH3 is 1. The van der Waals surface area contributed by atoms with Crippen LogP contribution in [0, 0.1) is 11.3 Å². The van der Waals surface area contributed by atoms with Crippen molar-refractivity contribution in [2.75, 3.05) is 7.11 Å². The standard InChI is InChI=1S/C21H20ClN3O2/c1-13(2)27-20-16(22)10-14(11-19(20)26-4)9-15(12-23)21-24-17-7-5-6-8-18(17)25(21)3/h5-11,13H,1-4H3/b15-9+. The summed E-state index contributed by atoms with van der Waals surface area (Å²) >= 11 is 6.39. The Bertz CT molecular complexity index is 1060. The van der Waals surface area contributed by atoms with E-state index in [2.05, 4.69) is 11.1 Å². The van der Waals surface area contributed by atoms with E-state index in [1.54, 1.807) is 25.3 Å². The zero-order valence-electron chi connectivity index (χ0n) is 15.7. The third kappa shape index (κ3) is 3.76. The van der Waals surface area contributed by atoms with Gasteiger partial charge in [-0.2, -0.15) is 5.26 Å². The Morgan fingerprint density at radius 1 is 1.30 bits per heavy atom. The van der Waals surface area contributed by atoms with Crippen molar-refractivity contribution >= 4 is 34.3 Å². The van der Waals surface area contributed by atoms with Gasteiger partial charge in [-0.15, -0.1) is 0 Å². The molecule has 0 fully saturated rings. The smallest absolute Gasteiger partial charge is 0.180 e. The van der Waals surface area contributed by atoms with Gasteiger partial charge in [-0.25, -0.2) is 4.98 Å². The van der Waals surface area contributed by atoms with Gasteiger partial charge in [0.25, 0.3) is 0 Å². The molecule has 0 saturated heterocycles. The Morgan fingerprint density at radius 3 is 2.67 bits per heavy atom. The molecule has 0 unspecified atom stereocenters. The first-order valence-corrected chi connectivity index (χ1v) is 8.90. The van der Waals surface area contributed by atoms with Crippen LogP contribution < -0.4 is 9.47 Å². The summed E-state index contributed by atoms with van der Waals surface area (Å²) < 4.78 is 13.1. The summed E-state index contributed by atoms with van der Waals surface area (Å²) in [5, 5.41) is 10.1. The van der Waals surface area contributed by atoms with Gasteiger partial charge in [-0.3, -0.25) is 0 Å². The van der Waals surface area contributed by atoms with Crippen molar-refractivity contribution in [3.63, 3.8) is 0 Å². The van der Waals surface area contributed by atoms with Crippen molar-refractivity contribution in [3.8, 4) is 17.6 Å². The molecule has 3 rings (SSSR count). The lowest BCUT2D eigenvalue weighted by molar-refractivity contribution is 0.230. The Kier molecular flexibility index (Phi) is 5.38. The SMILES string of the molecule is COc1cc(/C=C(\C#N)c2nc3ccccc3n2C)cc(Cl)c1OC(C)C. The van der Waals surface area contributed by atoms with E-state index in [9.17, 15) is 5.26 Å². The Labute approximate surface area is 163 Å². The van der Waals surface area contributed by atoms with Crippen LogP contribution in [0.5, 0.6) is 11.5 Å². The molecule has 0 saturated carbocycles. The van der Waals surface area contributed by atoms with Crippen LogP contribution in [0.4, 0.5) is 0 Å². The van der Waals surface area contributed by atoms with E-state index in [0.717, 1.165) is 16.6 Å². The molecule has 6 heteroatoms. The molecule has 2 aromatic carbocycles. The molecule has 0 atom stereocenters. The van der Waals surface area contributed by atoms with Crippen LogP contribution in [0.1, 0.15) is 25.2 Å². The zero-order valence-corrected chi connectivity index (χ0v) is 16.4. The lowest BCUT2D eigenvalue weighted by Crippen LogP contribution is -2.07. The van der Waals surface area contributed by atoms with Gasteiger partial charge in [-0.1, -0.05) is 23.7 Å². The minimum atomic E-state index is -0.0348. The predicted octanol–water partition coefficient (Wildman–Crippen LogP) is 5.09. The summed E-state index contributed by atoms with van der Waals surface area (Å²) in [4.78, 5) is 4.58. The second-order valence-corrected chi connectivity index (χ2v) is 6.76. The average molecular weight is 382 g/mol. The highest BCUT2D eigenvalue weighted by Gasteiger charge is 2.15. The molecule has 1 aromatic heterocycles. The van der Waals surface area contributed by atoms with Crippen LogP contribution in [-0.4, -0.2) is 22.8 Å². The summed E-state index contributed by atoms with van der Waals surface area (Å²) in [7, 11) is 3.45. The van der Waals surface area contributed by atoms with Crippen molar-refractivity contribution in [2.24, 2.45) is 7.05 Å². The molecule has 0 N–H and O–H groups in total. The Morgan fingerprint density at radius 2 is 2.04 bits per heavy atom. The first-order chi connectivity index (χ1) is 12.9. The highest BCUT2D eigenvalue weighted by atomic mass is 35.5. The van der Waals surface area contributed by atoms with Crippen molar-refractivity contribution in [2.45, 2.75) is 20.0 Å². The molecule has 0 radical (unpaired) electrons. The second-order valence-electron chi connectivity index (χ2n) is 6.35. The number of rotatable bonds is 5. The molecule has 0 spiro atoms. The van der Waals surface area contributed by atoms with E-state index >= 15 is 0 Å². The number of para-hydroxylation sites is 2. The average Bonchev–Trinajstić information content (AvgIpc) is 2.98. The molecule has 0 aliphatic heterocycles. The summed E-state index contributed by atoms with van der Waals surface area (Å²) in [6, 6.07) is 13.5. The van der Waals surface area contributed by atoms with Crippen LogP contribution in [0.25, 0.3) is 22.7 Å². The van der Waals surface area contributed by atoms with Crippen LogP contribution in [0.2, 0.25) is 5.02 Å². The molecule has 0 bridgehead atoms. The lowest BCUT2D eigenvalue weighted by atomic mass is 10.1. The van der Waals surface area contributed by atoms with Gasteiger partial charge in [0.05, 0.1) is 34.8 Å². The fourth-order valence-electron chi connectivity index (χ4n) is 2.87. The number of fused-ring (bicyclic) bond motifs is 1. The maximum atomic E-state index is 9.70. The minimum Gasteiger partial charge on any atom is -0.493 e. The molecular weight excluding hydrogens is 362 g/mol. The number of imidazole rings is 1. The number of benzene rings is 2. The molecule has 0 aliphatic rings. The van der Waals surface area contributed by atoms with Gasteiger partial charge < -0.3 is 14.0 Å². The monoisotopic (exact) mass is 381 g/mol. The van der Waals surface area contributed by atoms with E-state index in [4.69, 9.17) is 21.1 Å². The zero-order chi connectivity index (χ0) is 19.6. The van der Waals surface area contributed by atoms with Crippen LogP contribution in [-0.2, 0) is 7.05 Å². The molecule has 3 aromatic rings. The first-order valence-electron chi connectivity index (χ1n) is 8.52. The van der Waals surface area contributed by atoms with Gasteiger partial charge in [0.2, 0.25) is 0 Å². The summed E-state index contributed by atoms with van der Waals surface area (Å²) in [5.74, 6) is 1.61. The van der Waals surface area contributed by atoms with Crippen molar-refractivity contribution < 1.29 is 9.47 Å². The molecule has 0 aliphatic carbocycles. The third-order valence-electron chi connectivity index (χ3n) is 4.06. The van der Waals surface area contributed by atoms with E-state index in [1.807, 2.05) is 49.7 Å². The van der Waals surface area contributed by atoms with E-state index in [1.165, 1.54) is 0 Å².